The summed E-state index contributed by atoms with van der Waals surface area (Å²) >= 11 is 0. The Hall–Kier alpha value is -1.55. The molecule has 21 heteroatoms. The van der Waals surface area contributed by atoms with Gasteiger partial charge in [0.15, 0.2) is 25.0 Å². The Morgan fingerprint density at radius 1 is 0.638 bits per heavy atom. The first-order valence-electron chi connectivity index (χ1n) is 24.5. The highest BCUT2D eigenvalue weighted by Gasteiger charge is 2.75. The van der Waals surface area contributed by atoms with Gasteiger partial charge in [0.2, 0.25) is 0 Å². The number of allylic oxidation sites excluding steroid dienone is 1. The normalized spacial score (nSPS) is 54.6. The molecule has 1 unspecified atom stereocenters. The summed E-state index contributed by atoms with van der Waals surface area (Å²) in [4.78, 5) is 13.5. The van der Waals surface area contributed by atoms with Crippen molar-refractivity contribution in [2.45, 2.75) is 204 Å². The molecule has 396 valence electrons. The highest BCUT2D eigenvalue weighted by atomic mass is 16.8. The van der Waals surface area contributed by atoms with E-state index in [1.54, 1.807) is 0 Å². The van der Waals surface area contributed by atoms with Crippen LogP contribution in [-0.2, 0) is 38.0 Å². The van der Waals surface area contributed by atoms with Gasteiger partial charge in [-0.1, -0.05) is 60.1 Å². The Morgan fingerprint density at radius 3 is 1.78 bits per heavy atom. The minimum atomic E-state index is -1.96. The lowest BCUT2D eigenvalue weighted by Crippen LogP contribution is -2.76. The monoisotopic (exact) mass is 991 g/mol. The van der Waals surface area contributed by atoms with Crippen LogP contribution in [0.4, 0.5) is 0 Å². The summed E-state index contributed by atoms with van der Waals surface area (Å²) in [5.74, 6) is -1.70. The molecule has 3 saturated heterocycles. The average Bonchev–Trinajstić information content (AvgIpc) is 3.58. The lowest BCUT2D eigenvalue weighted by atomic mass is 9.32. The van der Waals surface area contributed by atoms with Crippen molar-refractivity contribution in [3.05, 3.63) is 11.6 Å². The van der Waals surface area contributed by atoms with E-state index in [0.717, 1.165) is 12.7 Å². The molecule has 5 aliphatic carbocycles. The summed E-state index contributed by atoms with van der Waals surface area (Å²) < 4.78 is 41.5. The van der Waals surface area contributed by atoms with Crippen LogP contribution in [0, 0.1) is 50.2 Å². The van der Waals surface area contributed by atoms with E-state index < -0.39 is 181 Å². The second-order valence-corrected chi connectivity index (χ2v) is 23.5. The lowest BCUT2D eigenvalue weighted by molar-refractivity contribution is -0.383. The molecule has 0 radical (unpaired) electrons. The molecule has 7 fully saturated rings. The third-order valence-electron chi connectivity index (χ3n) is 19.6. The van der Waals surface area contributed by atoms with Gasteiger partial charge in [-0.05, 0) is 77.9 Å². The summed E-state index contributed by atoms with van der Waals surface area (Å²) in [6.07, 6.45) is -25.1. The quantitative estimate of drug-likeness (QED) is 0.0602. The zero-order chi connectivity index (χ0) is 50.9. The van der Waals surface area contributed by atoms with E-state index in [2.05, 4.69) is 33.8 Å². The fourth-order valence-corrected chi connectivity index (χ4v) is 15.3. The SMILES string of the molecule is COC(=O)[C@H]1O[C@@H](O[C@H]2CC[C@@]3(C)C(CC[C@]4(C)[C@@H]3CC=C3[C@@H]5CC(C)(C)[C@@H](O)[C@H](O)[C@]5(CO)[C@H](O)[C@H](O)[C@]34C)C2(C)C)[C@H](O[C@@H]2O[C@H](CO)[C@@H](O)[C@H](O)[C@H]2O)[C@@H](O)[C@@H]1O[C@H]1O[C@H](CO)[C@@H](O)[C@@H]1O. The number of methoxy groups -OCH3 is 1. The highest BCUT2D eigenvalue weighted by Crippen LogP contribution is 2.76. The van der Waals surface area contributed by atoms with E-state index in [1.807, 2.05) is 20.8 Å². The van der Waals surface area contributed by atoms with Gasteiger partial charge in [-0.15, -0.1) is 0 Å². The van der Waals surface area contributed by atoms with Gasteiger partial charge in [0.1, 0.15) is 61.0 Å². The molecule has 69 heavy (non-hydrogen) atoms. The molecule has 8 rings (SSSR count). The second kappa shape index (κ2) is 18.7. The molecule has 26 atom stereocenters. The van der Waals surface area contributed by atoms with Crippen molar-refractivity contribution in [2.24, 2.45) is 50.2 Å². The molecule has 0 aromatic heterocycles. The van der Waals surface area contributed by atoms with Gasteiger partial charge in [0.25, 0.3) is 0 Å². The molecule has 8 aliphatic rings. The molecule has 13 N–H and O–H groups in total. The molecule has 0 spiro atoms. The number of rotatable bonds is 10. The summed E-state index contributed by atoms with van der Waals surface area (Å²) in [5, 5.41) is 144. The maximum atomic E-state index is 13.5. The van der Waals surface area contributed by atoms with Crippen LogP contribution in [0.15, 0.2) is 11.6 Å². The Morgan fingerprint density at radius 2 is 1.20 bits per heavy atom. The van der Waals surface area contributed by atoms with Crippen molar-refractivity contribution >= 4 is 5.97 Å². The molecular formula is C48H78O21. The third-order valence-corrected chi connectivity index (χ3v) is 19.6. The first kappa shape index (κ1) is 53.7. The van der Waals surface area contributed by atoms with Gasteiger partial charge in [0.05, 0.1) is 62.9 Å². The molecule has 0 bridgehead atoms. The van der Waals surface area contributed by atoms with Crippen LogP contribution in [0.25, 0.3) is 0 Å². The Balaban J connectivity index is 1.11. The number of ether oxygens (including phenoxy) is 7. The van der Waals surface area contributed by atoms with E-state index in [-0.39, 0.29) is 11.8 Å². The minimum Gasteiger partial charge on any atom is -0.467 e. The highest BCUT2D eigenvalue weighted by molar-refractivity contribution is 5.75. The molecule has 0 aromatic carbocycles. The van der Waals surface area contributed by atoms with E-state index in [9.17, 15) is 71.2 Å². The van der Waals surface area contributed by atoms with Crippen molar-refractivity contribution in [2.75, 3.05) is 26.9 Å². The average molecular weight is 991 g/mol. The van der Waals surface area contributed by atoms with Gasteiger partial charge in [-0.2, -0.15) is 0 Å². The zero-order valence-corrected chi connectivity index (χ0v) is 40.7. The smallest absolute Gasteiger partial charge is 0.337 e. The predicted octanol–water partition coefficient (Wildman–Crippen LogP) is -2.68. The zero-order valence-electron chi connectivity index (χ0n) is 40.7. The number of fused-ring (bicyclic) bond motifs is 7. The van der Waals surface area contributed by atoms with Gasteiger partial charge in [-0.3, -0.25) is 0 Å². The lowest BCUT2D eigenvalue weighted by Gasteiger charge is -2.73. The Kier molecular flexibility index (Phi) is 14.5. The molecule has 4 saturated carbocycles. The predicted molar refractivity (Wildman–Crippen MR) is 235 cm³/mol. The first-order valence-corrected chi connectivity index (χ1v) is 24.5. The summed E-state index contributed by atoms with van der Waals surface area (Å²) in [6.45, 7) is 12.1. The van der Waals surface area contributed by atoms with Crippen LogP contribution in [0.3, 0.4) is 0 Å². The van der Waals surface area contributed by atoms with Crippen LogP contribution >= 0.6 is 0 Å². The van der Waals surface area contributed by atoms with Crippen molar-refractivity contribution in [1.82, 2.24) is 0 Å². The van der Waals surface area contributed by atoms with E-state index in [1.165, 1.54) is 0 Å². The minimum absolute atomic E-state index is 0.0537. The molecule has 3 aliphatic heterocycles. The third kappa shape index (κ3) is 7.77. The van der Waals surface area contributed by atoms with Crippen LogP contribution in [0.2, 0.25) is 0 Å². The molecule has 3 heterocycles. The van der Waals surface area contributed by atoms with Crippen LogP contribution in [0.1, 0.15) is 87.0 Å². The molecule has 0 amide bonds. The number of carbonyl (C=O) groups excluding carboxylic acids is 1. The number of aliphatic hydroxyl groups excluding tert-OH is 13. The molecular weight excluding hydrogens is 913 g/mol. The van der Waals surface area contributed by atoms with Gasteiger partial charge in [-0.25, -0.2) is 4.79 Å². The Labute approximate surface area is 401 Å². The molecule has 21 nitrogen and oxygen atoms in total. The number of hydrogen-bond donors (Lipinski definition) is 13. The topological polar surface area (TPSA) is 345 Å². The van der Waals surface area contributed by atoms with Crippen LogP contribution < -0.4 is 0 Å². The van der Waals surface area contributed by atoms with E-state index in [4.69, 9.17) is 33.2 Å². The van der Waals surface area contributed by atoms with Gasteiger partial charge < -0.3 is 99.5 Å². The van der Waals surface area contributed by atoms with Crippen molar-refractivity contribution in [3.8, 4) is 0 Å². The summed E-state index contributed by atoms with van der Waals surface area (Å²) in [5.41, 5.74) is -4.18. The van der Waals surface area contributed by atoms with Crippen molar-refractivity contribution in [1.29, 1.82) is 0 Å². The van der Waals surface area contributed by atoms with E-state index in [0.29, 0.717) is 38.5 Å². The second-order valence-electron chi connectivity index (χ2n) is 23.5. The largest absolute Gasteiger partial charge is 0.467 e. The maximum absolute atomic E-state index is 13.5. The number of aliphatic hydroxyl groups is 13. The summed E-state index contributed by atoms with van der Waals surface area (Å²) in [6, 6.07) is 0. The maximum Gasteiger partial charge on any atom is 0.337 e. The van der Waals surface area contributed by atoms with Crippen LogP contribution in [-0.4, -0.2) is 216 Å². The molecule has 0 aromatic rings. The summed E-state index contributed by atoms with van der Waals surface area (Å²) in [7, 11) is 1.07. The number of hydrogen-bond acceptors (Lipinski definition) is 21. The Bertz CT molecular complexity index is 1900. The fraction of sp³-hybridized carbons (Fsp3) is 0.938. The van der Waals surface area contributed by atoms with Crippen LogP contribution in [0.5, 0.6) is 0 Å². The first-order chi connectivity index (χ1) is 32.2. The fourth-order valence-electron chi connectivity index (χ4n) is 15.3. The van der Waals surface area contributed by atoms with Crippen molar-refractivity contribution < 1.29 is 104 Å². The number of carbonyl (C=O) groups is 1. The van der Waals surface area contributed by atoms with Gasteiger partial charge in [0, 0.05) is 5.41 Å². The van der Waals surface area contributed by atoms with E-state index >= 15 is 0 Å². The number of esters is 1. The standard InChI is InChI=1S/C48H78O21/c1-43(2)15-20-19-9-10-24-45(5)13-12-25(44(3,4)23(45)11-14-46(24,6)47(19,7)36(59)38(61)48(20,18-51)37(60)35(43)58)66-42-33(68-41-30(56)28(54)26(52)21(16-49)64-41)31(57)32(34(69-42)39(62)63-8)67-40-29(55)27(53)22(17-50)65-40/h9,20-38,40-42,49-61H,10-18H2,1-8H3/t20-,21+,22+,23?,24+,25-,26+,27+,28-,29-,30+,31-,32-,33+,34-,35-,36-,37-,38+,40+,41-,42+,45-,46+,47-,48+/m0/s1. The van der Waals surface area contributed by atoms with Gasteiger partial charge >= 0.3 is 5.97 Å². The van der Waals surface area contributed by atoms with Crippen molar-refractivity contribution in [3.63, 3.8) is 0 Å².